The van der Waals surface area contributed by atoms with Crippen molar-refractivity contribution < 1.29 is 4.74 Å². The van der Waals surface area contributed by atoms with Crippen molar-refractivity contribution in [2.75, 3.05) is 6.54 Å². The van der Waals surface area contributed by atoms with Gasteiger partial charge in [-0.3, -0.25) is 0 Å². The van der Waals surface area contributed by atoms with Crippen LogP contribution in [0.3, 0.4) is 0 Å². The number of hydrogen-bond donors (Lipinski definition) is 1. The van der Waals surface area contributed by atoms with E-state index in [0.29, 0.717) is 0 Å². The van der Waals surface area contributed by atoms with Gasteiger partial charge in [0.2, 0.25) is 0 Å². The molecule has 0 radical (unpaired) electrons. The first-order valence-electron chi connectivity index (χ1n) is 5.90. The molecular formula is C15H17NO. The predicted octanol–water partition coefficient (Wildman–Crippen LogP) is 3.37. The number of rotatable bonds is 5. The second-order valence-electron chi connectivity index (χ2n) is 3.95. The number of benzene rings is 2. The lowest BCUT2D eigenvalue weighted by atomic mass is 10.1. The fourth-order valence-corrected chi connectivity index (χ4v) is 1.70. The maximum atomic E-state index is 5.77. The first-order chi connectivity index (χ1) is 8.38. The Kier molecular flexibility index (Phi) is 4.17. The molecule has 0 heterocycles. The molecule has 2 rings (SSSR count). The SMILES string of the molecule is NCCCc1cccc(Oc2ccccc2)c1. The van der Waals surface area contributed by atoms with Crippen LogP contribution in [-0.2, 0) is 6.42 Å². The quantitative estimate of drug-likeness (QED) is 0.850. The van der Waals surface area contributed by atoms with Gasteiger partial charge >= 0.3 is 0 Å². The zero-order chi connectivity index (χ0) is 11.9. The van der Waals surface area contributed by atoms with E-state index in [1.54, 1.807) is 0 Å². The molecule has 88 valence electrons. The highest BCUT2D eigenvalue weighted by Gasteiger charge is 1.98. The Labute approximate surface area is 102 Å². The molecule has 0 unspecified atom stereocenters. The predicted molar refractivity (Wildman–Crippen MR) is 70.3 cm³/mol. The Balaban J connectivity index is 2.06. The lowest BCUT2D eigenvalue weighted by Crippen LogP contribution is -2.00. The summed E-state index contributed by atoms with van der Waals surface area (Å²) in [7, 11) is 0. The van der Waals surface area contributed by atoms with Crippen LogP contribution in [0.4, 0.5) is 0 Å². The van der Waals surface area contributed by atoms with Gasteiger partial charge in [0.25, 0.3) is 0 Å². The van der Waals surface area contributed by atoms with Crippen molar-refractivity contribution in [3.05, 3.63) is 60.2 Å². The summed E-state index contributed by atoms with van der Waals surface area (Å²) >= 11 is 0. The van der Waals surface area contributed by atoms with Gasteiger partial charge in [-0.15, -0.1) is 0 Å². The normalized spacial score (nSPS) is 10.2. The number of ether oxygens (including phenoxy) is 1. The van der Waals surface area contributed by atoms with Crippen LogP contribution in [0.25, 0.3) is 0 Å². The van der Waals surface area contributed by atoms with E-state index in [0.717, 1.165) is 30.9 Å². The van der Waals surface area contributed by atoms with Gasteiger partial charge in [0, 0.05) is 0 Å². The molecule has 2 aromatic rings. The molecule has 2 nitrogen and oxygen atoms in total. The van der Waals surface area contributed by atoms with Crippen LogP contribution in [0.2, 0.25) is 0 Å². The van der Waals surface area contributed by atoms with E-state index in [1.807, 2.05) is 42.5 Å². The van der Waals surface area contributed by atoms with E-state index in [9.17, 15) is 0 Å². The first-order valence-corrected chi connectivity index (χ1v) is 5.90. The number of hydrogen-bond acceptors (Lipinski definition) is 2. The maximum Gasteiger partial charge on any atom is 0.127 e. The van der Waals surface area contributed by atoms with Crippen LogP contribution in [0, 0.1) is 0 Å². The van der Waals surface area contributed by atoms with Gasteiger partial charge in [-0.2, -0.15) is 0 Å². The van der Waals surface area contributed by atoms with Crippen molar-refractivity contribution in [3.63, 3.8) is 0 Å². The molecule has 0 aliphatic rings. The van der Waals surface area contributed by atoms with Gasteiger partial charge in [0.05, 0.1) is 0 Å². The summed E-state index contributed by atoms with van der Waals surface area (Å²) in [5.74, 6) is 1.74. The first kappa shape index (κ1) is 11.7. The summed E-state index contributed by atoms with van der Waals surface area (Å²) in [5.41, 5.74) is 6.77. The minimum absolute atomic E-state index is 0.726. The lowest BCUT2D eigenvalue weighted by molar-refractivity contribution is 0.482. The Bertz CT molecular complexity index is 453. The van der Waals surface area contributed by atoms with Gasteiger partial charge in [0.15, 0.2) is 0 Å². The molecule has 0 fully saturated rings. The highest BCUT2D eigenvalue weighted by Crippen LogP contribution is 2.22. The average molecular weight is 227 g/mol. The highest BCUT2D eigenvalue weighted by atomic mass is 16.5. The van der Waals surface area contributed by atoms with Crippen LogP contribution in [0.1, 0.15) is 12.0 Å². The van der Waals surface area contributed by atoms with E-state index in [2.05, 4.69) is 12.1 Å². The molecule has 0 atom stereocenters. The molecule has 0 aliphatic heterocycles. The Morgan fingerprint density at radius 1 is 0.882 bits per heavy atom. The topological polar surface area (TPSA) is 35.2 Å². The molecule has 0 aromatic heterocycles. The molecule has 2 N–H and O–H groups in total. The summed E-state index contributed by atoms with van der Waals surface area (Å²) in [6.07, 6.45) is 2.01. The third-order valence-electron chi connectivity index (χ3n) is 2.55. The average Bonchev–Trinajstić information content (AvgIpc) is 2.38. The van der Waals surface area contributed by atoms with Gasteiger partial charge in [-0.05, 0) is 49.2 Å². The molecule has 0 saturated heterocycles. The minimum atomic E-state index is 0.726. The molecule has 0 bridgehead atoms. The summed E-state index contributed by atoms with van der Waals surface area (Å²) in [6.45, 7) is 0.726. The van der Waals surface area contributed by atoms with E-state index in [1.165, 1.54) is 5.56 Å². The second-order valence-corrected chi connectivity index (χ2v) is 3.95. The molecule has 2 aromatic carbocycles. The van der Waals surface area contributed by atoms with Crippen molar-refractivity contribution >= 4 is 0 Å². The summed E-state index contributed by atoms with van der Waals surface area (Å²) in [5, 5.41) is 0. The van der Waals surface area contributed by atoms with E-state index < -0.39 is 0 Å². The largest absolute Gasteiger partial charge is 0.457 e. The van der Waals surface area contributed by atoms with Crippen molar-refractivity contribution in [1.29, 1.82) is 0 Å². The van der Waals surface area contributed by atoms with Crippen molar-refractivity contribution in [2.24, 2.45) is 5.73 Å². The van der Waals surface area contributed by atoms with E-state index in [-0.39, 0.29) is 0 Å². The zero-order valence-electron chi connectivity index (χ0n) is 9.80. The molecule has 0 spiro atoms. The molecule has 0 saturated carbocycles. The fourth-order valence-electron chi connectivity index (χ4n) is 1.70. The van der Waals surface area contributed by atoms with Gasteiger partial charge < -0.3 is 10.5 Å². The van der Waals surface area contributed by atoms with Crippen molar-refractivity contribution in [3.8, 4) is 11.5 Å². The maximum absolute atomic E-state index is 5.77. The Hall–Kier alpha value is -1.80. The van der Waals surface area contributed by atoms with Gasteiger partial charge in [-0.1, -0.05) is 30.3 Å². The smallest absolute Gasteiger partial charge is 0.127 e. The summed E-state index contributed by atoms with van der Waals surface area (Å²) in [4.78, 5) is 0. The van der Waals surface area contributed by atoms with Crippen LogP contribution in [-0.4, -0.2) is 6.54 Å². The van der Waals surface area contributed by atoms with Crippen LogP contribution in [0.5, 0.6) is 11.5 Å². The lowest BCUT2D eigenvalue weighted by Gasteiger charge is -2.07. The third kappa shape index (κ3) is 3.61. The molecule has 0 amide bonds. The number of para-hydroxylation sites is 1. The van der Waals surface area contributed by atoms with Crippen LogP contribution >= 0.6 is 0 Å². The molecule has 17 heavy (non-hydrogen) atoms. The van der Waals surface area contributed by atoms with Crippen molar-refractivity contribution in [2.45, 2.75) is 12.8 Å². The molecular weight excluding hydrogens is 210 g/mol. The van der Waals surface area contributed by atoms with Crippen LogP contribution in [0.15, 0.2) is 54.6 Å². The zero-order valence-corrected chi connectivity index (χ0v) is 9.80. The number of nitrogens with two attached hydrogens (primary N) is 1. The summed E-state index contributed by atoms with van der Waals surface area (Å²) < 4.78 is 5.77. The standard InChI is InChI=1S/C15H17NO/c16-11-5-7-13-6-4-10-15(12-13)17-14-8-2-1-3-9-14/h1-4,6,8-10,12H,5,7,11,16H2. The molecule has 0 aliphatic carbocycles. The fraction of sp³-hybridized carbons (Fsp3) is 0.200. The minimum Gasteiger partial charge on any atom is -0.457 e. The van der Waals surface area contributed by atoms with Crippen molar-refractivity contribution in [1.82, 2.24) is 0 Å². The van der Waals surface area contributed by atoms with Crippen LogP contribution < -0.4 is 10.5 Å². The highest BCUT2D eigenvalue weighted by molar-refractivity contribution is 5.33. The summed E-state index contributed by atoms with van der Waals surface area (Å²) in [6, 6.07) is 18.0. The van der Waals surface area contributed by atoms with E-state index >= 15 is 0 Å². The van der Waals surface area contributed by atoms with E-state index in [4.69, 9.17) is 10.5 Å². The Morgan fingerprint density at radius 2 is 1.65 bits per heavy atom. The Morgan fingerprint density at radius 3 is 2.41 bits per heavy atom. The molecule has 2 heteroatoms. The second kappa shape index (κ2) is 6.06. The monoisotopic (exact) mass is 227 g/mol. The van der Waals surface area contributed by atoms with Gasteiger partial charge in [-0.25, -0.2) is 0 Å². The van der Waals surface area contributed by atoms with Gasteiger partial charge in [0.1, 0.15) is 11.5 Å². The number of aryl methyl sites for hydroxylation is 1. The third-order valence-corrected chi connectivity index (χ3v) is 2.55.